The lowest BCUT2D eigenvalue weighted by Crippen LogP contribution is -2.52. The summed E-state index contributed by atoms with van der Waals surface area (Å²) in [5, 5.41) is 19.3. The number of ether oxygens (including phenoxy) is 2. The number of benzene rings is 1. The molecule has 174 valence electrons. The average molecular weight is 466 g/mol. The maximum atomic E-state index is 13.0. The summed E-state index contributed by atoms with van der Waals surface area (Å²) in [6.07, 6.45) is -10.9. The lowest BCUT2D eigenvalue weighted by atomic mass is 10.0. The summed E-state index contributed by atoms with van der Waals surface area (Å²) in [5.41, 5.74) is -8.52. The molecule has 0 fully saturated rings. The lowest BCUT2D eigenvalue weighted by molar-refractivity contribution is -0.243. The van der Waals surface area contributed by atoms with E-state index < -0.39 is 48.7 Å². The Morgan fingerprint density at radius 3 is 1.25 bits per heavy atom. The summed E-state index contributed by atoms with van der Waals surface area (Å²) in [4.78, 5) is 23.0. The van der Waals surface area contributed by atoms with Gasteiger partial charge >= 0.3 is 35.5 Å². The average Bonchev–Trinajstić information content (AvgIpc) is 2.69. The number of carbonyl (C=O) groups excluding carboxylic acids is 2. The Hall–Kier alpha value is -3.22. The Kier molecular flexibility index (Phi) is 8.33. The van der Waals surface area contributed by atoms with Crippen LogP contribution in [0, 0.1) is 23.7 Å². The molecule has 0 aliphatic rings. The molecule has 1 aromatic carbocycles. The van der Waals surface area contributed by atoms with E-state index in [9.17, 15) is 46.1 Å². The highest BCUT2D eigenvalue weighted by molar-refractivity contribution is 5.85. The molecule has 1 aromatic rings. The van der Waals surface area contributed by atoms with Gasteiger partial charge in [-0.2, -0.15) is 26.3 Å². The van der Waals surface area contributed by atoms with E-state index in [1.54, 1.807) is 0 Å². The molecule has 2 atom stereocenters. The highest BCUT2D eigenvalue weighted by Crippen LogP contribution is 2.32. The zero-order valence-corrected chi connectivity index (χ0v) is 16.5. The van der Waals surface area contributed by atoms with Gasteiger partial charge < -0.3 is 19.7 Å². The van der Waals surface area contributed by atoms with Crippen molar-refractivity contribution < 1.29 is 55.6 Å². The van der Waals surface area contributed by atoms with Gasteiger partial charge in [0.15, 0.2) is 0 Å². The van der Waals surface area contributed by atoms with Gasteiger partial charge in [0.05, 0.1) is 13.2 Å². The molecule has 32 heavy (non-hydrogen) atoms. The topological polar surface area (TPSA) is 93.1 Å². The van der Waals surface area contributed by atoms with Crippen LogP contribution >= 0.6 is 0 Å². The van der Waals surface area contributed by atoms with Crippen LogP contribution in [0.5, 0.6) is 0 Å². The number of halogens is 6. The lowest BCUT2D eigenvalue weighted by Gasteiger charge is -2.22. The molecule has 1 rings (SSSR count). The fourth-order valence-electron chi connectivity index (χ4n) is 1.91. The molecule has 12 heteroatoms. The minimum Gasteiger partial charge on any atom is -0.463 e. The molecule has 0 aromatic heterocycles. The number of esters is 2. The molecule has 0 aliphatic carbocycles. The standard InChI is InChI=1S/C20H16F6O6/c1-3-31-15(27)17(29,19(21,22)23)11-9-13-5-7-14(8-6-13)10-12-18(30,20(24,25)26)16(28)32-4-2/h5-8,29-30H,3-4H2,1-2H3/t17-,18-/m1/s1. The molecule has 0 aliphatic heterocycles. The largest absolute Gasteiger partial charge is 0.463 e. The highest BCUT2D eigenvalue weighted by Gasteiger charge is 2.61. The summed E-state index contributed by atoms with van der Waals surface area (Å²) in [7, 11) is 0. The van der Waals surface area contributed by atoms with Crippen LogP contribution in [0.15, 0.2) is 24.3 Å². The second-order valence-corrected chi connectivity index (χ2v) is 5.93. The van der Waals surface area contributed by atoms with Crippen molar-refractivity contribution in [2.45, 2.75) is 37.4 Å². The predicted molar refractivity (Wildman–Crippen MR) is 95.5 cm³/mol. The first-order chi connectivity index (χ1) is 14.6. The number of hydrogen-bond acceptors (Lipinski definition) is 6. The van der Waals surface area contributed by atoms with Gasteiger partial charge in [-0.25, -0.2) is 9.59 Å². The van der Waals surface area contributed by atoms with Crippen LogP contribution in [-0.2, 0) is 19.1 Å². The van der Waals surface area contributed by atoms with Crippen LogP contribution in [-0.4, -0.2) is 58.9 Å². The zero-order chi connectivity index (χ0) is 24.8. The quantitative estimate of drug-likeness (QED) is 0.401. The maximum Gasteiger partial charge on any atom is 0.440 e. The van der Waals surface area contributed by atoms with Gasteiger partial charge in [-0.15, -0.1) is 0 Å². The number of hydrogen-bond donors (Lipinski definition) is 2. The Bertz CT molecular complexity index is 882. The highest BCUT2D eigenvalue weighted by atomic mass is 19.4. The van der Waals surface area contributed by atoms with Gasteiger partial charge in [-0.05, 0) is 50.0 Å². The van der Waals surface area contributed by atoms with Crippen molar-refractivity contribution in [2.24, 2.45) is 0 Å². The third-order valence-electron chi connectivity index (χ3n) is 3.62. The van der Waals surface area contributed by atoms with E-state index in [1.165, 1.54) is 25.7 Å². The van der Waals surface area contributed by atoms with Crippen molar-refractivity contribution >= 4 is 11.9 Å². The second-order valence-electron chi connectivity index (χ2n) is 5.93. The van der Waals surface area contributed by atoms with E-state index in [0.29, 0.717) is 0 Å². The zero-order valence-electron chi connectivity index (χ0n) is 16.5. The van der Waals surface area contributed by atoms with Gasteiger partial charge in [0.1, 0.15) is 0 Å². The molecule has 6 nitrogen and oxygen atoms in total. The van der Waals surface area contributed by atoms with Gasteiger partial charge in [0.2, 0.25) is 0 Å². The van der Waals surface area contributed by atoms with Crippen LogP contribution in [0.25, 0.3) is 0 Å². The van der Waals surface area contributed by atoms with Crippen LogP contribution in [0.4, 0.5) is 26.3 Å². The number of rotatable bonds is 4. The monoisotopic (exact) mass is 466 g/mol. The van der Waals surface area contributed by atoms with Crippen molar-refractivity contribution in [3.05, 3.63) is 35.4 Å². The summed E-state index contributed by atoms with van der Waals surface area (Å²) < 4.78 is 86.7. The summed E-state index contributed by atoms with van der Waals surface area (Å²) in [5.74, 6) is 2.56. The predicted octanol–water partition coefficient (Wildman–Crippen LogP) is 2.10. The molecule has 0 heterocycles. The van der Waals surface area contributed by atoms with Crippen molar-refractivity contribution in [1.29, 1.82) is 0 Å². The Morgan fingerprint density at radius 2 is 1.03 bits per heavy atom. The molecular weight excluding hydrogens is 450 g/mol. The van der Waals surface area contributed by atoms with E-state index in [4.69, 9.17) is 0 Å². The van der Waals surface area contributed by atoms with Gasteiger partial charge in [0.25, 0.3) is 0 Å². The Labute approximate surface area is 178 Å². The summed E-state index contributed by atoms with van der Waals surface area (Å²) >= 11 is 0. The third-order valence-corrected chi connectivity index (χ3v) is 3.62. The van der Waals surface area contributed by atoms with Gasteiger partial charge in [-0.1, -0.05) is 11.8 Å². The molecule has 0 radical (unpaired) electrons. The maximum absolute atomic E-state index is 13.0. The minimum atomic E-state index is -5.47. The van der Waals surface area contributed by atoms with E-state index in [1.807, 2.05) is 11.8 Å². The number of carbonyl (C=O) groups is 2. The molecule has 0 saturated heterocycles. The molecule has 0 bridgehead atoms. The third kappa shape index (κ3) is 5.93. The summed E-state index contributed by atoms with van der Waals surface area (Å²) in [6, 6.07) is 4.10. The van der Waals surface area contributed by atoms with E-state index in [2.05, 4.69) is 9.47 Å². The Morgan fingerprint density at radius 1 is 0.750 bits per heavy atom. The first kappa shape index (κ1) is 26.8. The first-order valence-electron chi connectivity index (χ1n) is 8.71. The van der Waals surface area contributed by atoms with Crippen molar-refractivity contribution in [1.82, 2.24) is 0 Å². The van der Waals surface area contributed by atoms with Crippen LogP contribution in [0.1, 0.15) is 25.0 Å². The second kappa shape index (κ2) is 9.94. The minimum absolute atomic E-state index is 0.168. The van der Waals surface area contributed by atoms with E-state index in [0.717, 1.165) is 24.3 Å². The molecule has 0 unspecified atom stereocenters. The van der Waals surface area contributed by atoms with Crippen molar-refractivity contribution in [2.75, 3.05) is 13.2 Å². The smallest absolute Gasteiger partial charge is 0.440 e. The van der Waals surface area contributed by atoms with E-state index in [-0.39, 0.29) is 11.1 Å². The summed E-state index contributed by atoms with van der Waals surface area (Å²) in [6.45, 7) is 1.57. The van der Waals surface area contributed by atoms with Crippen LogP contribution in [0.3, 0.4) is 0 Å². The van der Waals surface area contributed by atoms with Crippen molar-refractivity contribution in [3.8, 4) is 23.7 Å². The SMILES string of the molecule is CCOC(=O)[C@](O)(C#Cc1ccc(C#C[C@@](O)(C(=O)OCC)C(F)(F)F)cc1)C(F)(F)F. The fraction of sp³-hybridized carbons (Fsp3) is 0.400. The Balaban J connectivity index is 3.25. The van der Waals surface area contributed by atoms with E-state index >= 15 is 0 Å². The first-order valence-corrected chi connectivity index (χ1v) is 8.71. The molecule has 2 N–H and O–H groups in total. The van der Waals surface area contributed by atoms with Gasteiger partial charge in [0, 0.05) is 11.1 Å². The van der Waals surface area contributed by atoms with Gasteiger partial charge in [-0.3, -0.25) is 0 Å². The molecule has 0 saturated carbocycles. The number of alkyl halides is 6. The fourth-order valence-corrected chi connectivity index (χ4v) is 1.91. The van der Waals surface area contributed by atoms with Crippen molar-refractivity contribution in [3.63, 3.8) is 0 Å². The van der Waals surface area contributed by atoms with Crippen LogP contribution in [0.2, 0.25) is 0 Å². The van der Waals surface area contributed by atoms with Crippen LogP contribution < -0.4 is 0 Å². The normalized spacial score (nSPS) is 15.1. The molecular formula is C20H16F6O6. The molecule has 0 spiro atoms. The number of aliphatic hydroxyl groups is 2. The molecule has 0 amide bonds.